The highest BCUT2D eigenvalue weighted by molar-refractivity contribution is 5.77. The van der Waals surface area contributed by atoms with Crippen molar-refractivity contribution in [2.24, 2.45) is 0 Å². The summed E-state index contributed by atoms with van der Waals surface area (Å²) in [6.07, 6.45) is 61.4. The van der Waals surface area contributed by atoms with Crippen molar-refractivity contribution >= 4 is 11.9 Å². The Labute approximate surface area is 406 Å². The number of aliphatic hydroxyl groups excluding tert-OH is 2. The predicted molar refractivity (Wildman–Crippen MR) is 283 cm³/mol. The Bertz CT molecular complexity index is 986. The number of hydrogen-bond donors (Lipinski definition) is 3. The smallest absolute Gasteiger partial charge is 0.306 e. The summed E-state index contributed by atoms with van der Waals surface area (Å²) in [5.41, 5.74) is 0. The molecule has 6 nitrogen and oxygen atoms in total. The Morgan fingerprint density at radius 2 is 0.738 bits per heavy atom. The van der Waals surface area contributed by atoms with Crippen LogP contribution in [0.1, 0.15) is 329 Å². The van der Waals surface area contributed by atoms with Gasteiger partial charge in [-0.15, -0.1) is 0 Å². The first-order chi connectivity index (χ1) is 32.0. The SMILES string of the molecule is CCCCCCCC/C=C/CCCCCCCCCC(CC(=O)NC(CO)C(O)CCCCCCCCCCCCC)OC(=O)CCCCCCCCCCCCCCCCCCCC. The molecule has 0 fully saturated rings. The minimum atomic E-state index is -0.783. The lowest BCUT2D eigenvalue weighted by Gasteiger charge is -2.24. The van der Waals surface area contributed by atoms with Crippen LogP contribution in [0.4, 0.5) is 0 Å². The van der Waals surface area contributed by atoms with E-state index in [1.54, 1.807) is 0 Å². The first kappa shape index (κ1) is 63.6. The largest absolute Gasteiger partial charge is 0.462 e. The maximum atomic E-state index is 13.3. The fourth-order valence-electron chi connectivity index (χ4n) is 9.37. The van der Waals surface area contributed by atoms with Crippen LogP contribution >= 0.6 is 0 Å². The van der Waals surface area contributed by atoms with Crippen LogP contribution in [-0.2, 0) is 14.3 Å². The van der Waals surface area contributed by atoms with Gasteiger partial charge < -0.3 is 20.3 Å². The molecule has 0 saturated heterocycles. The molecule has 0 saturated carbocycles. The Kier molecular flexibility index (Phi) is 52.4. The summed E-state index contributed by atoms with van der Waals surface area (Å²) in [6, 6.07) is -0.697. The summed E-state index contributed by atoms with van der Waals surface area (Å²) in [7, 11) is 0. The summed E-state index contributed by atoms with van der Waals surface area (Å²) in [6.45, 7) is 6.52. The molecule has 0 radical (unpaired) electrons. The Morgan fingerprint density at radius 1 is 0.431 bits per heavy atom. The molecular formula is C59H115NO5. The number of amides is 1. The van der Waals surface area contributed by atoms with Crippen molar-refractivity contribution in [1.29, 1.82) is 0 Å². The molecule has 0 aromatic rings. The van der Waals surface area contributed by atoms with E-state index in [1.807, 2.05) is 0 Å². The zero-order valence-electron chi connectivity index (χ0n) is 44.2. The summed E-state index contributed by atoms with van der Waals surface area (Å²) in [4.78, 5) is 26.3. The molecule has 65 heavy (non-hydrogen) atoms. The van der Waals surface area contributed by atoms with E-state index in [-0.39, 0.29) is 24.9 Å². The maximum absolute atomic E-state index is 13.3. The molecule has 0 spiro atoms. The third-order valence-electron chi connectivity index (χ3n) is 13.8. The number of unbranched alkanes of at least 4 members (excludes halogenated alkanes) is 40. The van der Waals surface area contributed by atoms with Crippen LogP contribution in [0.25, 0.3) is 0 Å². The molecule has 0 aromatic carbocycles. The second-order valence-corrected chi connectivity index (χ2v) is 20.4. The van der Waals surface area contributed by atoms with Gasteiger partial charge in [0.15, 0.2) is 0 Å². The Hall–Kier alpha value is -1.40. The van der Waals surface area contributed by atoms with E-state index in [0.29, 0.717) is 19.3 Å². The van der Waals surface area contributed by atoms with E-state index < -0.39 is 18.2 Å². The average Bonchev–Trinajstić information content (AvgIpc) is 3.30. The van der Waals surface area contributed by atoms with E-state index in [2.05, 4.69) is 38.2 Å². The monoisotopic (exact) mass is 918 g/mol. The van der Waals surface area contributed by atoms with Gasteiger partial charge in [0.05, 0.1) is 25.2 Å². The zero-order valence-corrected chi connectivity index (χ0v) is 44.2. The molecule has 3 atom stereocenters. The number of hydrogen-bond acceptors (Lipinski definition) is 5. The van der Waals surface area contributed by atoms with Crippen LogP contribution in [0.2, 0.25) is 0 Å². The van der Waals surface area contributed by atoms with E-state index in [4.69, 9.17) is 4.74 Å². The first-order valence-electron chi connectivity index (χ1n) is 29.4. The van der Waals surface area contributed by atoms with Crippen LogP contribution in [0, 0.1) is 0 Å². The van der Waals surface area contributed by atoms with Crippen molar-refractivity contribution < 1.29 is 24.5 Å². The summed E-state index contributed by atoms with van der Waals surface area (Å²) in [5.74, 6) is -0.454. The number of carbonyl (C=O) groups excluding carboxylic acids is 2. The van der Waals surface area contributed by atoms with Gasteiger partial charge in [0.2, 0.25) is 5.91 Å². The number of allylic oxidation sites excluding steroid dienone is 2. The molecule has 0 aliphatic rings. The minimum absolute atomic E-state index is 0.0822. The van der Waals surface area contributed by atoms with Crippen molar-refractivity contribution in [2.45, 2.75) is 347 Å². The van der Waals surface area contributed by atoms with Gasteiger partial charge in [-0.3, -0.25) is 9.59 Å². The number of aliphatic hydroxyl groups is 2. The lowest BCUT2D eigenvalue weighted by Crippen LogP contribution is -2.46. The molecule has 3 unspecified atom stereocenters. The van der Waals surface area contributed by atoms with E-state index in [1.165, 1.54) is 231 Å². The molecule has 0 aliphatic carbocycles. The fraction of sp³-hybridized carbons (Fsp3) is 0.932. The van der Waals surface area contributed by atoms with Crippen LogP contribution in [-0.4, -0.2) is 46.9 Å². The molecule has 0 bridgehead atoms. The van der Waals surface area contributed by atoms with Crippen LogP contribution in [0.15, 0.2) is 12.2 Å². The summed E-state index contributed by atoms with van der Waals surface area (Å²) in [5, 5.41) is 23.8. The number of esters is 1. The van der Waals surface area contributed by atoms with Gasteiger partial charge >= 0.3 is 5.97 Å². The maximum Gasteiger partial charge on any atom is 0.306 e. The number of ether oxygens (including phenoxy) is 1. The third-order valence-corrected chi connectivity index (χ3v) is 13.8. The molecule has 0 aliphatic heterocycles. The van der Waals surface area contributed by atoms with Crippen LogP contribution < -0.4 is 5.32 Å². The van der Waals surface area contributed by atoms with Crippen LogP contribution in [0.3, 0.4) is 0 Å². The predicted octanol–water partition coefficient (Wildman–Crippen LogP) is 18.1. The van der Waals surface area contributed by atoms with Gasteiger partial charge in [0.1, 0.15) is 6.10 Å². The normalized spacial score (nSPS) is 13.1. The Morgan fingerprint density at radius 3 is 1.09 bits per heavy atom. The molecule has 0 rings (SSSR count). The van der Waals surface area contributed by atoms with E-state index >= 15 is 0 Å². The molecule has 0 heterocycles. The lowest BCUT2D eigenvalue weighted by atomic mass is 10.0. The van der Waals surface area contributed by atoms with E-state index in [0.717, 1.165) is 51.4 Å². The second kappa shape index (κ2) is 53.6. The van der Waals surface area contributed by atoms with Gasteiger partial charge in [-0.05, 0) is 51.4 Å². The Balaban J connectivity index is 4.50. The lowest BCUT2D eigenvalue weighted by molar-refractivity contribution is -0.151. The van der Waals surface area contributed by atoms with Gasteiger partial charge in [-0.25, -0.2) is 0 Å². The molecule has 1 amide bonds. The minimum Gasteiger partial charge on any atom is -0.462 e. The van der Waals surface area contributed by atoms with Crippen LogP contribution in [0.5, 0.6) is 0 Å². The van der Waals surface area contributed by atoms with Crippen molar-refractivity contribution in [3.63, 3.8) is 0 Å². The molecule has 6 heteroatoms. The third kappa shape index (κ3) is 48.9. The second-order valence-electron chi connectivity index (χ2n) is 20.4. The highest BCUT2D eigenvalue weighted by Gasteiger charge is 2.24. The topological polar surface area (TPSA) is 95.9 Å². The average molecular weight is 919 g/mol. The van der Waals surface area contributed by atoms with Gasteiger partial charge in [-0.2, -0.15) is 0 Å². The quantitative estimate of drug-likeness (QED) is 0.0321. The van der Waals surface area contributed by atoms with Crippen molar-refractivity contribution in [2.75, 3.05) is 6.61 Å². The molecule has 0 aromatic heterocycles. The first-order valence-corrected chi connectivity index (χ1v) is 29.4. The number of nitrogens with one attached hydrogen (secondary N) is 1. The highest BCUT2D eigenvalue weighted by Crippen LogP contribution is 2.19. The standard InChI is InChI=1S/C59H115NO5/c1-4-7-10-13-16-19-22-24-26-28-30-32-34-37-40-43-46-49-52-59(64)65-55(50-47-44-41-38-36-33-31-29-27-25-23-20-17-14-11-8-5-2)53-58(63)60-56(54-61)57(62)51-48-45-42-39-35-21-18-15-12-9-6-3/h25,27,55-57,61-62H,4-24,26,28-54H2,1-3H3,(H,60,63)/b27-25+. The zero-order chi connectivity index (χ0) is 47.4. The number of carbonyl (C=O) groups is 2. The van der Waals surface area contributed by atoms with Crippen molar-refractivity contribution in [3.05, 3.63) is 12.2 Å². The number of rotatable bonds is 54. The summed E-state index contributed by atoms with van der Waals surface area (Å²) < 4.78 is 5.97. The van der Waals surface area contributed by atoms with Crippen molar-refractivity contribution in [3.8, 4) is 0 Å². The van der Waals surface area contributed by atoms with Gasteiger partial charge in [0, 0.05) is 6.42 Å². The molecular weight excluding hydrogens is 803 g/mol. The highest BCUT2D eigenvalue weighted by atomic mass is 16.5. The fourth-order valence-corrected chi connectivity index (χ4v) is 9.37. The van der Waals surface area contributed by atoms with Crippen molar-refractivity contribution in [1.82, 2.24) is 5.32 Å². The van der Waals surface area contributed by atoms with Gasteiger partial charge in [0.25, 0.3) is 0 Å². The summed E-state index contributed by atoms with van der Waals surface area (Å²) >= 11 is 0. The molecule has 3 N–H and O–H groups in total. The van der Waals surface area contributed by atoms with Gasteiger partial charge in [-0.1, -0.05) is 277 Å². The molecule has 386 valence electrons. The van der Waals surface area contributed by atoms with E-state index in [9.17, 15) is 19.8 Å².